The van der Waals surface area contributed by atoms with Crippen molar-refractivity contribution < 1.29 is 4.79 Å². The monoisotopic (exact) mass is 292 g/mol. The Kier molecular flexibility index (Phi) is 6.75. The first kappa shape index (κ1) is 16.5. The Morgan fingerprint density at radius 3 is 2.86 bits per heavy atom. The maximum Gasteiger partial charge on any atom is 0.233 e. The Morgan fingerprint density at radius 1 is 1.24 bits per heavy atom. The average Bonchev–Trinajstić information content (AvgIpc) is 2.50. The molecule has 0 aliphatic heterocycles. The highest BCUT2D eigenvalue weighted by atomic mass is 16.1. The molecule has 3 atom stereocenters. The molecule has 3 nitrogen and oxygen atoms in total. The van der Waals surface area contributed by atoms with Crippen molar-refractivity contribution in [1.29, 1.82) is 0 Å². The molecule has 2 N–H and O–H groups in total. The number of hydrogen-bond donors (Lipinski definition) is 2. The van der Waals surface area contributed by atoms with E-state index in [0.29, 0.717) is 18.5 Å². The summed E-state index contributed by atoms with van der Waals surface area (Å²) in [5.74, 6) is 1.60. The Labute approximate surface area is 130 Å². The quantitative estimate of drug-likeness (QED) is 0.737. The summed E-state index contributed by atoms with van der Waals surface area (Å²) in [5, 5.41) is 6.52. The normalized spacial score (nSPS) is 29.8. The topological polar surface area (TPSA) is 41.1 Å². The van der Waals surface area contributed by atoms with Crippen molar-refractivity contribution >= 4 is 5.91 Å². The minimum Gasteiger partial charge on any atom is -0.355 e. The molecule has 3 unspecified atom stereocenters. The molecule has 120 valence electrons. The van der Waals surface area contributed by atoms with Crippen molar-refractivity contribution in [1.82, 2.24) is 10.6 Å². The van der Waals surface area contributed by atoms with Crippen LogP contribution in [0.1, 0.15) is 65.2 Å². The summed E-state index contributed by atoms with van der Waals surface area (Å²) in [6, 6.07) is 0.514. The highest BCUT2D eigenvalue weighted by Gasteiger charge is 2.26. The number of carbonyl (C=O) groups is 1. The molecule has 3 heteroatoms. The Balaban J connectivity index is 1.60. The first-order valence-electron chi connectivity index (χ1n) is 8.85. The lowest BCUT2D eigenvalue weighted by Crippen LogP contribution is -2.45. The standard InChI is InChI=1S/C18H32N2O/c1-14-7-6-10-17(15(14)2)20-13-18(21)19-12-11-16-8-4-3-5-9-16/h8,14-15,17,20H,3-7,9-13H2,1-2H3,(H,19,21). The molecule has 1 saturated carbocycles. The molecule has 21 heavy (non-hydrogen) atoms. The van der Waals surface area contributed by atoms with E-state index in [1.807, 2.05) is 0 Å². The van der Waals surface area contributed by atoms with Gasteiger partial charge in [-0.25, -0.2) is 0 Å². The summed E-state index contributed by atoms with van der Waals surface area (Å²) in [6.07, 6.45) is 12.3. The van der Waals surface area contributed by atoms with Crippen molar-refractivity contribution in [2.75, 3.05) is 13.1 Å². The van der Waals surface area contributed by atoms with Crippen LogP contribution in [-0.2, 0) is 4.79 Å². The molecule has 2 rings (SSSR count). The van der Waals surface area contributed by atoms with E-state index in [9.17, 15) is 4.79 Å². The molecular weight excluding hydrogens is 260 g/mol. The second-order valence-corrected chi connectivity index (χ2v) is 6.96. The van der Waals surface area contributed by atoms with E-state index in [0.717, 1.165) is 18.9 Å². The van der Waals surface area contributed by atoms with Gasteiger partial charge in [-0.2, -0.15) is 0 Å². The van der Waals surface area contributed by atoms with Crippen LogP contribution >= 0.6 is 0 Å². The van der Waals surface area contributed by atoms with E-state index >= 15 is 0 Å². The van der Waals surface area contributed by atoms with Gasteiger partial charge in [0.1, 0.15) is 0 Å². The lowest BCUT2D eigenvalue weighted by Gasteiger charge is -2.34. The smallest absolute Gasteiger partial charge is 0.233 e. The van der Waals surface area contributed by atoms with Crippen molar-refractivity contribution in [2.24, 2.45) is 11.8 Å². The average molecular weight is 292 g/mol. The zero-order valence-electron chi connectivity index (χ0n) is 13.8. The maximum absolute atomic E-state index is 11.9. The molecule has 0 radical (unpaired) electrons. The van der Waals surface area contributed by atoms with Crippen LogP contribution in [-0.4, -0.2) is 25.0 Å². The first-order chi connectivity index (χ1) is 10.2. The van der Waals surface area contributed by atoms with E-state index in [4.69, 9.17) is 0 Å². The fourth-order valence-electron chi connectivity index (χ4n) is 3.65. The number of amides is 1. The summed E-state index contributed by atoms with van der Waals surface area (Å²) < 4.78 is 0. The van der Waals surface area contributed by atoms with Gasteiger partial charge >= 0.3 is 0 Å². The van der Waals surface area contributed by atoms with Gasteiger partial charge in [0.05, 0.1) is 6.54 Å². The Bertz CT molecular complexity index is 364. The summed E-state index contributed by atoms with van der Waals surface area (Å²) in [4.78, 5) is 11.9. The maximum atomic E-state index is 11.9. The predicted molar refractivity (Wildman–Crippen MR) is 88.1 cm³/mol. The third kappa shape index (κ3) is 5.46. The van der Waals surface area contributed by atoms with Crippen LogP contribution in [0.3, 0.4) is 0 Å². The Hall–Kier alpha value is -0.830. The first-order valence-corrected chi connectivity index (χ1v) is 8.85. The van der Waals surface area contributed by atoms with Gasteiger partial charge in [0.15, 0.2) is 0 Å². The summed E-state index contributed by atoms with van der Waals surface area (Å²) in [5.41, 5.74) is 1.53. The molecule has 0 spiro atoms. The predicted octanol–water partition coefficient (Wildman–Crippen LogP) is 3.41. The number of carbonyl (C=O) groups excluding carboxylic acids is 1. The molecule has 1 amide bonds. The molecule has 2 aliphatic carbocycles. The third-order valence-electron chi connectivity index (χ3n) is 5.38. The highest BCUT2D eigenvalue weighted by molar-refractivity contribution is 5.78. The van der Waals surface area contributed by atoms with E-state index < -0.39 is 0 Å². The van der Waals surface area contributed by atoms with Gasteiger partial charge < -0.3 is 10.6 Å². The minimum atomic E-state index is 0.150. The van der Waals surface area contributed by atoms with E-state index in [1.54, 1.807) is 0 Å². The minimum absolute atomic E-state index is 0.150. The van der Waals surface area contributed by atoms with Crippen molar-refractivity contribution in [3.63, 3.8) is 0 Å². The van der Waals surface area contributed by atoms with Crippen LogP contribution in [0.5, 0.6) is 0 Å². The molecule has 0 aromatic rings. The SMILES string of the molecule is CC1CCCC(NCC(=O)NCCC2=CCCCC2)C1C. The molecule has 0 saturated heterocycles. The third-order valence-corrected chi connectivity index (χ3v) is 5.38. The van der Waals surface area contributed by atoms with Gasteiger partial charge in [0, 0.05) is 12.6 Å². The molecule has 0 aromatic carbocycles. The van der Waals surface area contributed by atoms with Crippen LogP contribution in [0, 0.1) is 11.8 Å². The van der Waals surface area contributed by atoms with Gasteiger partial charge in [0.2, 0.25) is 5.91 Å². The lowest BCUT2D eigenvalue weighted by molar-refractivity contribution is -0.120. The number of hydrogen-bond acceptors (Lipinski definition) is 2. The highest BCUT2D eigenvalue weighted by Crippen LogP contribution is 2.29. The van der Waals surface area contributed by atoms with Gasteiger partial charge in [-0.15, -0.1) is 0 Å². The molecular formula is C18H32N2O. The van der Waals surface area contributed by atoms with Crippen molar-refractivity contribution in [3.05, 3.63) is 11.6 Å². The van der Waals surface area contributed by atoms with Gasteiger partial charge in [-0.1, -0.05) is 38.3 Å². The Morgan fingerprint density at radius 2 is 2.10 bits per heavy atom. The molecule has 0 aromatic heterocycles. The second-order valence-electron chi connectivity index (χ2n) is 6.96. The number of allylic oxidation sites excluding steroid dienone is 1. The molecule has 0 heterocycles. The van der Waals surface area contributed by atoms with Crippen molar-refractivity contribution in [2.45, 2.75) is 71.3 Å². The fraction of sp³-hybridized carbons (Fsp3) is 0.833. The zero-order chi connectivity index (χ0) is 15.1. The molecule has 0 bridgehead atoms. The van der Waals surface area contributed by atoms with Crippen LogP contribution in [0.4, 0.5) is 0 Å². The van der Waals surface area contributed by atoms with Gasteiger partial charge in [-0.05, 0) is 50.4 Å². The molecule has 2 aliphatic rings. The summed E-state index contributed by atoms with van der Waals surface area (Å²) in [7, 11) is 0. The van der Waals surface area contributed by atoms with E-state index in [1.165, 1.54) is 50.5 Å². The second kappa shape index (κ2) is 8.57. The number of rotatable bonds is 6. The number of nitrogens with one attached hydrogen (secondary N) is 2. The van der Waals surface area contributed by atoms with Gasteiger partial charge in [-0.3, -0.25) is 4.79 Å². The van der Waals surface area contributed by atoms with Crippen LogP contribution in [0.15, 0.2) is 11.6 Å². The van der Waals surface area contributed by atoms with E-state index in [-0.39, 0.29) is 5.91 Å². The summed E-state index contributed by atoms with van der Waals surface area (Å²) in [6.45, 7) is 5.91. The zero-order valence-corrected chi connectivity index (χ0v) is 13.8. The van der Waals surface area contributed by atoms with Crippen LogP contribution in [0.2, 0.25) is 0 Å². The van der Waals surface area contributed by atoms with Crippen LogP contribution < -0.4 is 10.6 Å². The summed E-state index contributed by atoms with van der Waals surface area (Å²) >= 11 is 0. The van der Waals surface area contributed by atoms with Crippen molar-refractivity contribution in [3.8, 4) is 0 Å². The van der Waals surface area contributed by atoms with Gasteiger partial charge in [0.25, 0.3) is 0 Å². The van der Waals surface area contributed by atoms with Crippen LogP contribution in [0.25, 0.3) is 0 Å². The molecule has 1 fully saturated rings. The van der Waals surface area contributed by atoms with E-state index in [2.05, 4.69) is 30.6 Å². The largest absolute Gasteiger partial charge is 0.355 e. The lowest BCUT2D eigenvalue weighted by atomic mass is 9.78. The fourth-order valence-corrected chi connectivity index (χ4v) is 3.65.